The molecule has 134 valence electrons. The Morgan fingerprint density at radius 1 is 1.32 bits per heavy atom. The average molecular weight is 361 g/mol. The summed E-state index contributed by atoms with van der Waals surface area (Å²) in [5, 5.41) is 1.89. The number of nitrogens with one attached hydrogen (secondary N) is 1. The van der Waals surface area contributed by atoms with Crippen molar-refractivity contribution in [1.29, 1.82) is 0 Å². The minimum atomic E-state index is -0.517. The van der Waals surface area contributed by atoms with E-state index in [0.29, 0.717) is 6.54 Å². The van der Waals surface area contributed by atoms with E-state index >= 15 is 0 Å². The van der Waals surface area contributed by atoms with Crippen molar-refractivity contribution in [2.24, 2.45) is 0 Å². The van der Waals surface area contributed by atoms with Crippen LogP contribution in [0.1, 0.15) is 54.3 Å². The lowest BCUT2D eigenvalue weighted by Crippen LogP contribution is -2.46. The summed E-state index contributed by atoms with van der Waals surface area (Å²) in [6.45, 7) is 2.68. The van der Waals surface area contributed by atoms with Crippen molar-refractivity contribution in [3.63, 3.8) is 0 Å². The fourth-order valence-corrected chi connectivity index (χ4v) is 4.17. The summed E-state index contributed by atoms with van der Waals surface area (Å²) in [4.78, 5) is 43.0. The third-order valence-electron chi connectivity index (χ3n) is 4.80. The molecule has 0 unspecified atom stereocenters. The first-order chi connectivity index (χ1) is 12.1. The number of amides is 1. The third kappa shape index (κ3) is 3.76. The van der Waals surface area contributed by atoms with Gasteiger partial charge in [-0.1, -0.05) is 25.3 Å². The Hall–Kier alpha value is -2.15. The molecule has 25 heavy (non-hydrogen) atoms. The molecule has 7 heteroatoms. The molecule has 0 bridgehead atoms. The SMILES string of the molecule is CCN(C(=O)c1c[nH]c(=O)n(Cc2cccs2)c1=O)C1CCCCC1. The third-order valence-corrected chi connectivity index (χ3v) is 5.66. The summed E-state index contributed by atoms with van der Waals surface area (Å²) in [5.74, 6) is -0.282. The number of hydrogen-bond acceptors (Lipinski definition) is 4. The highest BCUT2D eigenvalue weighted by atomic mass is 32.1. The molecule has 1 amide bonds. The fraction of sp³-hybridized carbons (Fsp3) is 0.500. The maximum atomic E-state index is 13.0. The molecule has 0 aliphatic heterocycles. The maximum absolute atomic E-state index is 13.0. The van der Waals surface area contributed by atoms with Gasteiger partial charge in [0.15, 0.2) is 0 Å². The molecule has 2 aromatic heterocycles. The number of carbonyl (C=O) groups is 1. The lowest BCUT2D eigenvalue weighted by molar-refractivity contribution is 0.0644. The van der Waals surface area contributed by atoms with Crippen molar-refractivity contribution in [1.82, 2.24) is 14.5 Å². The Balaban J connectivity index is 1.92. The zero-order valence-corrected chi connectivity index (χ0v) is 15.2. The van der Waals surface area contributed by atoms with Crippen LogP contribution in [0.25, 0.3) is 0 Å². The number of nitrogens with zero attached hydrogens (tertiary/aromatic N) is 2. The molecule has 1 N–H and O–H groups in total. The number of carbonyl (C=O) groups excluding carboxylic acids is 1. The molecular weight excluding hydrogens is 338 g/mol. The second-order valence-electron chi connectivity index (χ2n) is 6.36. The molecule has 2 heterocycles. The normalized spacial score (nSPS) is 15.2. The zero-order chi connectivity index (χ0) is 17.8. The number of hydrogen-bond donors (Lipinski definition) is 1. The van der Waals surface area contributed by atoms with Crippen molar-refractivity contribution in [2.75, 3.05) is 6.54 Å². The van der Waals surface area contributed by atoms with Crippen LogP contribution in [0.4, 0.5) is 0 Å². The van der Waals surface area contributed by atoms with E-state index in [2.05, 4.69) is 4.98 Å². The molecule has 1 fully saturated rings. The van der Waals surface area contributed by atoms with Gasteiger partial charge < -0.3 is 9.88 Å². The topological polar surface area (TPSA) is 75.2 Å². The number of rotatable bonds is 5. The number of aromatic nitrogens is 2. The van der Waals surface area contributed by atoms with Crippen LogP contribution in [0.5, 0.6) is 0 Å². The highest BCUT2D eigenvalue weighted by molar-refractivity contribution is 7.09. The molecule has 0 atom stereocenters. The van der Waals surface area contributed by atoms with Crippen molar-refractivity contribution >= 4 is 17.2 Å². The second-order valence-corrected chi connectivity index (χ2v) is 7.39. The molecule has 2 aromatic rings. The van der Waals surface area contributed by atoms with Gasteiger partial charge in [-0.25, -0.2) is 4.79 Å². The van der Waals surface area contributed by atoms with E-state index in [1.165, 1.54) is 24.0 Å². The van der Waals surface area contributed by atoms with Gasteiger partial charge in [-0.05, 0) is 31.2 Å². The first-order valence-corrected chi connectivity index (χ1v) is 9.65. The summed E-state index contributed by atoms with van der Waals surface area (Å²) in [7, 11) is 0. The van der Waals surface area contributed by atoms with E-state index in [-0.39, 0.29) is 24.1 Å². The molecular formula is C18H23N3O3S. The first-order valence-electron chi connectivity index (χ1n) is 8.77. The van der Waals surface area contributed by atoms with E-state index in [0.717, 1.165) is 35.1 Å². The van der Waals surface area contributed by atoms with Crippen LogP contribution in [0, 0.1) is 0 Å². The highest BCUT2D eigenvalue weighted by Crippen LogP contribution is 2.23. The van der Waals surface area contributed by atoms with Crippen molar-refractivity contribution in [3.8, 4) is 0 Å². The fourth-order valence-electron chi connectivity index (χ4n) is 3.48. The Morgan fingerprint density at radius 3 is 2.72 bits per heavy atom. The minimum absolute atomic E-state index is 0.0450. The zero-order valence-electron chi connectivity index (χ0n) is 14.4. The molecule has 1 aliphatic rings. The summed E-state index contributed by atoms with van der Waals surface area (Å²) in [6.07, 6.45) is 6.65. The van der Waals surface area contributed by atoms with Crippen LogP contribution in [-0.2, 0) is 6.54 Å². The van der Waals surface area contributed by atoms with Gasteiger partial charge >= 0.3 is 5.69 Å². The van der Waals surface area contributed by atoms with E-state index in [4.69, 9.17) is 0 Å². The predicted octanol–water partition coefficient (Wildman–Crippen LogP) is 2.44. The standard InChI is InChI=1S/C18H23N3O3S/c1-2-20(13-7-4-3-5-8-13)16(22)15-11-19-18(24)21(17(15)23)12-14-9-6-10-25-14/h6,9-11,13H,2-5,7-8,12H2,1H3,(H,19,24). The van der Waals surface area contributed by atoms with E-state index in [9.17, 15) is 14.4 Å². The summed E-state index contributed by atoms with van der Waals surface area (Å²) >= 11 is 1.48. The smallest absolute Gasteiger partial charge is 0.328 e. The number of aromatic amines is 1. The van der Waals surface area contributed by atoms with Gasteiger partial charge in [0.05, 0.1) is 6.54 Å². The largest absolute Gasteiger partial charge is 0.336 e. The van der Waals surface area contributed by atoms with Crippen LogP contribution in [-0.4, -0.2) is 32.9 Å². The molecule has 1 aliphatic carbocycles. The predicted molar refractivity (Wildman–Crippen MR) is 98.3 cm³/mol. The number of thiophene rings is 1. The molecule has 6 nitrogen and oxygen atoms in total. The average Bonchev–Trinajstić information content (AvgIpc) is 3.13. The number of H-pyrrole nitrogens is 1. The van der Waals surface area contributed by atoms with Gasteiger partial charge in [-0.2, -0.15) is 0 Å². The van der Waals surface area contributed by atoms with Crippen LogP contribution in [0.15, 0.2) is 33.3 Å². The van der Waals surface area contributed by atoms with Crippen LogP contribution >= 0.6 is 11.3 Å². The summed E-state index contributed by atoms with van der Waals surface area (Å²) in [5.41, 5.74) is -0.962. The lowest BCUT2D eigenvalue weighted by atomic mass is 9.94. The Morgan fingerprint density at radius 2 is 2.08 bits per heavy atom. The molecule has 0 aromatic carbocycles. The highest BCUT2D eigenvalue weighted by Gasteiger charge is 2.27. The summed E-state index contributed by atoms with van der Waals surface area (Å²) < 4.78 is 1.10. The van der Waals surface area contributed by atoms with Crippen molar-refractivity contribution in [3.05, 3.63) is 55.0 Å². The first kappa shape index (κ1) is 17.7. The van der Waals surface area contributed by atoms with Crippen LogP contribution in [0.2, 0.25) is 0 Å². The monoisotopic (exact) mass is 361 g/mol. The van der Waals surface area contributed by atoms with E-state index in [1.807, 2.05) is 24.4 Å². The second kappa shape index (κ2) is 7.82. The molecule has 3 rings (SSSR count). The molecule has 0 spiro atoms. The van der Waals surface area contributed by atoms with Gasteiger partial charge in [0.2, 0.25) is 0 Å². The van der Waals surface area contributed by atoms with E-state index in [1.54, 1.807) is 4.90 Å². The summed E-state index contributed by atoms with van der Waals surface area (Å²) in [6, 6.07) is 3.92. The minimum Gasteiger partial charge on any atom is -0.336 e. The lowest BCUT2D eigenvalue weighted by Gasteiger charge is -2.33. The van der Waals surface area contributed by atoms with Crippen molar-refractivity contribution < 1.29 is 4.79 Å². The van der Waals surface area contributed by atoms with Gasteiger partial charge in [0.1, 0.15) is 5.56 Å². The van der Waals surface area contributed by atoms with Crippen LogP contribution in [0.3, 0.4) is 0 Å². The maximum Gasteiger partial charge on any atom is 0.328 e. The Labute approximate surface area is 150 Å². The quantitative estimate of drug-likeness (QED) is 0.889. The van der Waals surface area contributed by atoms with Gasteiger partial charge in [-0.3, -0.25) is 14.2 Å². The Bertz CT molecular complexity index is 832. The van der Waals surface area contributed by atoms with E-state index < -0.39 is 11.2 Å². The van der Waals surface area contributed by atoms with Gasteiger partial charge in [-0.15, -0.1) is 11.3 Å². The van der Waals surface area contributed by atoms with Crippen LogP contribution < -0.4 is 11.2 Å². The van der Waals surface area contributed by atoms with Crippen molar-refractivity contribution in [2.45, 2.75) is 51.6 Å². The van der Waals surface area contributed by atoms with Gasteiger partial charge in [0, 0.05) is 23.7 Å². The molecule has 1 saturated carbocycles. The van der Waals surface area contributed by atoms with Gasteiger partial charge in [0.25, 0.3) is 11.5 Å². The Kier molecular flexibility index (Phi) is 5.53. The molecule has 0 radical (unpaired) electrons. The molecule has 0 saturated heterocycles.